The molecule has 0 radical (unpaired) electrons. The minimum Gasteiger partial charge on any atom is -0.490 e. The van der Waals surface area contributed by atoms with Gasteiger partial charge in [-0.1, -0.05) is 12.1 Å². The predicted molar refractivity (Wildman–Crippen MR) is 115 cm³/mol. The number of hydrogen-bond acceptors (Lipinski definition) is 6. The van der Waals surface area contributed by atoms with E-state index in [0.717, 1.165) is 24.8 Å². The fraction of sp³-hybridized carbons (Fsp3) is 0.545. The van der Waals surface area contributed by atoms with Gasteiger partial charge in [0.1, 0.15) is 18.2 Å². The number of carbonyl (C=O) groups is 2. The molecular formula is C22H31N5O4. The van der Waals surface area contributed by atoms with E-state index < -0.39 is 0 Å². The van der Waals surface area contributed by atoms with Gasteiger partial charge in [-0.3, -0.25) is 9.59 Å². The van der Waals surface area contributed by atoms with Crippen molar-refractivity contribution in [2.75, 3.05) is 26.3 Å². The van der Waals surface area contributed by atoms with Crippen LogP contribution >= 0.6 is 0 Å². The lowest BCUT2D eigenvalue weighted by Gasteiger charge is -2.24. The summed E-state index contributed by atoms with van der Waals surface area (Å²) in [5, 5.41) is 7.18. The second-order valence-corrected chi connectivity index (χ2v) is 7.55. The Hall–Kier alpha value is -3.10. The summed E-state index contributed by atoms with van der Waals surface area (Å²) in [6.07, 6.45) is 2.68. The quantitative estimate of drug-likeness (QED) is 0.798. The third-order valence-corrected chi connectivity index (χ3v) is 5.05. The van der Waals surface area contributed by atoms with Crippen molar-refractivity contribution in [3.63, 3.8) is 0 Å². The molecule has 2 aromatic rings. The van der Waals surface area contributed by atoms with Crippen LogP contribution in [0, 0.1) is 13.8 Å². The molecule has 1 aliphatic heterocycles. The van der Waals surface area contributed by atoms with Crippen LogP contribution in [0.1, 0.15) is 43.4 Å². The molecule has 9 heteroatoms. The molecule has 3 rings (SSSR count). The third-order valence-electron chi connectivity index (χ3n) is 5.05. The fourth-order valence-electron chi connectivity index (χ4n) is 3.53. The Morgan fingerprint density at radius 3 is 2.81 bits per heavy atom. The van der Waals surface area contributed by atoms with Crippen molar-refractivity contribution in [2.45, 2.75) is 53.1 Å². The molecule has 168 valence electrons. The summed E-state index contributed by atoms with van der Waals surface area (Å²) < 4.78 is 13.4. The van der Waals surface area contributed by atoms with Crippen molar-refractivity contribution >= 4 is 11.8 Å². The monoisotopic (exact) mass is 429 g/mol. The highest BCUT2D eigenvalue weighted by Gasteiger charge is 2.22. The smallest absolute Gasteiger partial charge is 0.245 e. The van der Waals surface area contributed by atoms with Gasteiger partial charge in [-0.05, 0) is 46.1 Å². The van der Waals surface area contributed by atoms with E-state index in [2.05, 4.69) is 15.4 Å². The number of benzene rings is 1. The number of carbonyl (C=O) groups excluding carboxylic acids is 2. The van der Waals surface area contributed by atoms with Crippen LogP contribution in [0.3, 0.4) is 0 Å². The van der Waals surface area contributed by atoms with Gasteiger partial charge in [0.25, 0.3) is 0 Å². The number of para-hydroxylation sites is 1. The first kappa shape index (κ1) is 22.6. The average molecular weight is 430 g/mol. The second-order valence-electron chi connectivity index (χ2n) is 7.55. The van der Waals surface area contributed by atoms with E-state index in [1.165, 1.54) is 4.90 Å². The first-order valence-electron chi connectivity index (χ1n) is 10.8. The van der Waals surface area contributed by atoms with Crippen LogP contribution in [0.5, 0.6) is 11.5 Å². The minimum atomic E-state index is -0.217. The van der Waals surface area contributed by atoms with E-state index in [4.69, 9.17) is 9.47 Å². The molecule has 9 nitrogen and oxygen atoms in total. The molecule has 1 aromatic heterocycles. The number of nitrogens with one attached hydrogen (secondary N) is 1. The topological polar surface area (TPSA) is 98.6 Å². The summed E-state index contributed by atoms with van der Waals surface area (Å²) in [5.74, 6) is 2.15. The fourth-order valence-corrected chi connectivity index (χ4v) is 3.53. The van der Waals surface area contributed by atoms with Gasteiger partial charge < -0.3 is 19.7 Å². The maximum absolute atomic E-state index is 13.2. The number of nitrogens with zero attached hydrogens (tertiary/aromatic N) is 4. The standard InChI is InChI=1S/C22H31N5O4/c1-4-30-19-10-8-9-18-13-26(21(29)15-27-17(3)24-16(2)25-27)14-20(28)23-11-6-5-7-12-31-22(18)19/h8-10H,4-7,11-15H2,1-3H3,(H,23,28). The summed E-state index contributed by atoms with van der Waals surface area (Å²) >= 11 is 0. The first-order chi connectivity index (χ1) is 15.0. The highest BCUT2D eigenvalue weighted by Crippen LogP contribution is 2.32. The van der Waals surface area contributed by atoms with Crippen LogP contribution in [0.4, 0.5) is 0 Å². The maximum Gasteiger partial charge on any atom is 0.245 e. The van der Waals surface area contributed by atoms with Crippen LogP contribution in [-0.2, 0) is 22.7 Å². The van der Waals surface area contributed by atoms with Crippen molar-refractivity contribution in [1.29, 1.82) is 0 Å². The van der Waals surface area contributed by atoms with Crippen LogP contribution < -0.4 is 14.8 Å². The number of aryl methyl sites for hydroxylation is 2. The van der Waals surface area contributed by atoms with Gasteiger partial charge in [0.15, 0.2) is 11.5 Å². The summed E-state index contributed by atoms with van der Waals surface area (Å²) in [6, 6.07) is 5.64. The van der Waals surface area contributed by atoms with Gasteiger partial charge >= 0.3 is 0 Å². The van der Waals surface area contributed by atoms with Crippen LogP contribution in [-0.4, -0.2) is 57.8 Å². The number of amides is 2. The molecule has 0 saturated carbocycles. The third kappa shape index (κ3) is 6.19. The van der Waals surface area contributed by atoms with Crippen LogP contribution in [0.2, 0.25) is 0 Å². The molecule has 0 atom stereocenters. The second kappa shape index (κ2) is 10.8. The Labute approximate surface area is 182 Å². The largest absolute Gasteiger partial charge is 0.490 e. The summed E-state index contributed by atoms with van der Waals surface area (Å²) in [4.78, 5) is 31.5. The van der Waals surface area contributed by atoms with E-state index in [-0.39, 0.29) is 31.4 Å². The predicted octanol–water partition coefficient (Wildman–Crippen LogP) is 2.00. The molecule has 0 unspecified atom stereocenters. The number of hydrogen-bond donors (Lipinski definition) is 1. The molecule has 0 fully saturated rings. The molecule has 2 heterocycles. The summed E-state index contributed by atoms with van der Waals surface area (Å²) in [7, 11) is 0. The molecule has 2 amide bonds. The number of aromatic nitrogens is 3. The molecule has 0 bridgehead atoms. The van der Waals surface area contributed by atoms with Gasteiger partial charge in [-0.25, -0.2) is 9.67 Å². The van der Waals surface area contributed by atoms with Gasteiger partial charge in [0.05, 0.1) is 26.3 Å². The molecular weight excluding hydrogens is 398 g/mol. The lowest BCUT2D eigenvalue weighted by molar-refractivity contribution is -0.137. The van der Waals surface area contributed by atoms with Crippen molar-refractivity contribution in [2.24, 2.45) is 0 Å². The van der Waals surface area contributed by atoms with E-state index in [0.29, 0.717) is 42.9 Å². The van der Waals surface area contributed by atoms with Crippen molar-refractivity contribution in [1.82, 2.24) is 25.0 Å². The molecule has 1 N–H and O–H groups in total. The van der Waals surface area contributed by atoms with Gasteiger partial charge in [0.2, 0.25) is 11.8 Å². The van der Waals surface area contributed by atoms with Gasteiger partial charge in [-0.15, -0.1) is 0 Å². The molecule has 31 heavy (non-hydrogen) atoms. The van der Waals surface area contributed by atoms with Crippen LogP contribution in [0.25, 0.3) is 0 Å². The maximum atomic E-state index is 13.2. The Morgan fingerprint density at radius 1 is 1.23 bits per heavy atom. The highest BCUT2D eigenvalue weighted by molar-refractivity contribution is 5.84. The average Bonchev–Trinajstić information content (AvgIpc) is 3.05. The van der Waals surface area contributed by atoms with Gasteiger partial charge in [0, 0.05) is 12.1 Å². The molecule has 0 aliphatic carbocycles. The molecule has 0 spiro atoms. The Morgan fingerprint density at radius 2 is 2.06 bits per heavy atom. The van der Waals surface area contributed by atoms with E-state index in [9.17, 15) is 9.59 Å². The SMILES string of the molecule is CCOc1cccc2c1OCCCCCNC(=O)CN(C(=O)Cn1nc(C)nc1C)C2. The summed E-state index contributed by atoms with van der Waals surface area (Å²) in [5.41, 5.74) is 0.804. The zero-order chi connectivity index (χ0) is 22.2. The van der Waals surface area contributed by atoms with E-state index in [1.54, 1.807) is 18.5 Å². The zero-order valence-electron chi connectivity index (χ0n) is 18.5. The zero-order valence-corrected chi connectivity index (χ0v) is 18.5. The van der Waals surface area contributed by atoms with Crippen molar-refractivity contribution in [3.05, 3.63) is 35.4 Å². The number of rotatable bonds is 4. The number of fused-ring (bicyclic) bond motifs is 1. The highest BCUT2D eigenvalue weighted by atomic mass is 16.5. The molecule has 1 aromatic carbocycles. The first-order valence-corrected chi connectivity index (χ1v) is 10.8. The molecule has 1 aliphatic rings. The Bertz CT molecular complexity index is 911. The minimum absolute atomic E-state index is 0.0152. The van der Waals surface area contributed by atoms with Crippen molar-refractivity contribution in [3.8, 4) is 11.5 Å². The normalized spacial score (nSPS) is 15.6. The lowest BCUT2D eigenvalue weighted by Crippen LogP contribution is -2.42. The van der Waals surface area contributed by atoms with Gasteiger partial charge in [-0.2, -0.15) is 5.10 Å². The van der Waals surface area contributed by atoms with Crippen LogP contribution in [0.15, 0.2) is 18.2 Å². The van der Waals surface area contributed by atoms with Crippen molar-refractivity contribution < 1.29 is 19.1 Å². The number of ether oxygens (including phenoxy) is 2. The Kier molecular flexibility index (Phi) is 7.86. The molecule has 0 saturated heterocycles. The van der Waals surface area contributed by atoms with E-state index in [1.807, 2.05) is 25.1 Å². The van der Waals surface area contributed by atoms with E-state index >= 15 is 0 Å². The Balaban J connectivity index is 1.89. The summed E-state index contributed by atoms with van der Waals surface area (Å²) in [6.45, 7) is 7.36. The lowest BCUT2D eigenvalue weighted by atomic mass is 10.1.